The summed E-state index contributed by atoms with van der Waals surface area (Å²) in [6.07, 6.45) is 0. The van der Waals surface area contributed by atoms with Crippen LogP contribution in [-0.2, 0) is 0 Å². The Labute approximate surface area is 81.9 Å². The molecular weight excluding hydrogens is 219 g/mol. The van der Waals surface area contributed by atoms with E-state index >= 15 is 0 Å². The predicted molar refractivity (Wildman–Crippen MR) is 47.6 cm³/mol. The van der Waals surface area contributed by atoms with Crippen LogP contribution in [0, 0.1) is 0 Å². The lowest BCUT2D eigenvalue weighted by molar-refractivity contribution is 0.430. The lowest BCUT2D eigenvalue weighted by Gasteiger charge is -1.81. The second kappa shape index (κ2) is 3.05. The summed E-state index contributed by atoms with van der Waals surface area (Å²) >= 11 is 12.6. The SMILES string of the molecule is Clc1noc(-c2csc(Cl)c2)n1. The van der Waals surface area contributed by atoms with E-state index in [2.05, 4.69) is 10.1 Å². The molecule has 0 aliphatic carbocycles. The number of rotatable bonds is 1. The maximum atomic E-state index is 5.71. The highest BCUT2D eigenvalue weighted by Crippen LogP contribution is 2.27. The van der Waals surface area contributed by atoms with Gasteiger partial charge in [0, 0.05) is 5.38 Å². The van der Waals surface area contributed by atoms with E-state index in [1.807, 2.05) is 5.38 Å². The van der Waals surface area contributed by atoms with Crippen molar-refractivity contribution in [2.75, 3.05) is 0 Å². The van der Waals surface area contributed by atoms with Crippen LogP contribution in [0.15, 0.2) is 16.0 Å². The van der Waals surface area contributed by atoms with Gasteiger partial charge in [0.2, 0.25) is 0 Å². The number of aromatic nitrogens is 2. The van der Waals surface area contributed by atoms with E-state index in [1.54, 1.807) is 6.07 Å². The molecule has 12 heavy (non-hydrogen) atoms. The van der Waals surface area contributed by atoms with Gasteiger partial charge in [-0.1, -0.05) is 11.6 Å². The Hall–Kier alpha value is -0.580. The van der Waals surface area contributed by atoms with Crippen LogP contribution in [-0.4, -0.2) is 10.1 Å². The number of hydrogen-bond donors (Lipinski definition) is 0. The van der Waals surface area contributed by atoms with Gasteiger partial charge in [0.15, 0.2) is 0 Å². The average Bonchev–Trinajstić information content (AvgIpc) is 2.58. The molecule has 0 saturated heterocycles. The maximum absolute atomic E-state index is 5.71. The fraction of sp³-hybridized carbons (Fsp3) is 0. The Balaban J connectivity index is 2.43. The van der Waals surface area contributed by atoms with Crippen LogP contribution in [0.4, 0.5) is 0 Å². The van der Waals surface area contributed by atoms with Gasteiger partial charge in [0.1, 0.15) is 0 Å². The molecule has 2 heterocycles. The quantitative estimate of drug-likeness (QED) is 0.742. The van der Waals surface area contributed by atoms with Crippen molar-refractivity contribution in [2.45, 2.75) is 0 Å². The lowest BCUT2D eigenvalue weighted by Crippen LogP contribution is -1.69. The van der Waals surface area contributed by atoms with Gasteiger partial charge in [-0.05, 0) is 22.8 Å². The molecule has 0 fully saturated rings. The van der Waals surface area contributed by atoms with Gasteiger partial charge in [0.25, 0.3) is 11.2 Å². The van der Waals surface area contributed by atoms with E-state index in [0.717, 1.165) is 5.56 Å². The van der Waals surface area contributed by atoms with E-state index < -0.39 is 0 Å². The van der Waals surface area contributed by atoms with Crippen LogP contribution in [0.5, 0.6) is 0 Å². The van der Waals surface area contributed by atoms with E-state index in [9.17, 15) is 0 Å². The van der Waals surface area contributed by atoms with Gasteiger partial charge >= 0.3 is 0 Å². The molecule has 0 N–H and O–H groups in total. The summed E-state index contributed by atoms with van der Waals surface area (Å²) in [4.78, 5) is 3.83. The third-order valence-corrected chi connectivity index (χ3v) is 2.46. The minimum absolute atomic E-state index is 0.104. The van der Waals surface area contributed by atoms with Crippen LogP contribution < -0.4 is 0 Å². The molecule has 6 heteroatoms. The Morgan fingerprint density at radius 2 is 2.25 bits per heavy atom. The first-order valence-electron chi connectivity index (χ1n) is 2.99. The molecule has 0 unspecified atom stereocenters. The topological polar surface area (TPSA) is 38.9 Å². The standard InChI is InChI=1S/C6H2Cl2N2OS/c7-4-1-3(2-12-4)5-9-6(8)10-11-5/h1-2H. The molecule has 0 aliphatic heterocycles. The van der Waals surface area contributed by atoms with Crippen molar-refractivity contribution in [3.63, 3.8) is 0 Å². The second-order valence-electron chi connectivity index (χ2n) is 2.01. The van der Waals surface area contributed by atoms with Crippen molar-refractivity contribution >= 4 is 34.5 Å². The molecule has 0 bridgehead atoms. The van der Waals surface area contributed by atoms with E-state index in [4.69, 9.17) is 27.7 Å². The van der Waals surface area contributed by atoms with E-state index in [-0.39, 0.29) is 5.28 Å². The molecule has 0 radical (unpaired) electrons. The second-order valence-corrected chi connectivity index (χ2v) is 3.89. The Bertz CT molecular complexity index is 359. The first kappa shape index (κ1) is 8.04. The fourth-order valence-electron chi connectivity index (χ4n) is 0.745. The zero-order chi connectivity index (χ0) is 8.55. The summed E-state index contributed by atoms with van der Waals surface area (Å²) in [5, 5.41) is 5.37. The normalized spacial score (nSPS) is 10.5. The molecule has 0 atom stereocenters. The smallest absolute Gasteiger partial charge is 0.264 e. The molecule has 0 aliphatic rings. The molecular formula is C6H2Cl2N2OS. The number of halogens is 2. The van der Waals surface area contributed by atoms with Gasteiger partial charge < -0.3 is 4.52 Å². The monoisotopic (exact) mass is 220 g/mol. The summed E-state index contributed by atoms with van der Waals surface area (Å²) < 4.78 is 5.50. The minimum Gasteiger partial charge on any atom is -0.333 e. The predicted octanol–water partition coefficient (Wildman–Crippen LogP) is 3.10. The zero-order valence-corrected chi connectivity index (χ0v) is 7.95. The van der Waals surface area contributed by atoms with Crippen LogP contribution in [0.1, 0.15) is 0 Å². The number of thiophene rings is 1. The summed E-state index contributed by atoms with van der Waals surface area (Å²) in [6, 6.07) is 1.75. The largest absolute Gasteiger partial charge is 0.333 e. The molecule has 0 saturated carbocycles. The third kappa shape index (κ3) is 1.46. The van der Waals surface area contributed by atoms with Crippen molar-refractivity contribution in [3.8, 4) is 11.5 Å². The molecule has 2 rings (SSSR count). The van der Waals surface area contributed by atoms with Crippen LogP contribution >= 0.6 is 34.5 Å². The maximum Gasteiger partial charge on any atom is 0.264 e. The molecule has 3 nitrogen and oxygen atoms in total. The summed E-state index contributed by atoms with van der Waals surface area (Å²) in [6.45, 7) is 0. The van der Waals surface area contributed by atoms with Gasteiger partial charge in [0.05, 0.1) is 9.90 Å². The summed E-state index contributed by atoms with van der Waals surface area (Å²) in [5.41, 5.74) is 0.796. The van der Waals surface area contributed by atoms with Crippen molar-refractivity contribution in [1.29, 1.82) is 0 Å². The molecule has 0 amide bonds. The van der Waals surface area contributed by atoms with Crippen molar-refractivity contribution < 1.29 is 4.52 Å². The summed E-state index contributed by atoms with van der Waals surface area (Å²) in [5.74, 6) is 0.392. The van der Waals surface area contributed by atoms with Gasteiger partial charge in [-0.15, -0.1) is 11.3 Å². The highest BCUT2D eigenvalue weighted by Gasteiger charge is 2.08. The lowest BCUT2D eigenvalue weighted by atomic mass is 10.3. The van der Waals surface area contributed by atoms with Crippen molar-refractivity contribution in [1.82, 2.24) is 10.1 Å². The van der Waals surface area contributed by atoms with Crippen molar-refractivity contribution in [3.05, 3.63) is 21.1 Å². The van der Waals surface area contributed by atoms with Crippen LogP contribution in [0.2, 0.25) is 9.62 Å². The molecule has 0 aromatic carbocycles. The van der Waals surface area contributed by atoms with Gasteiger partial charge in [-0.3, -0.25) is 0 Å². The zero-order valence-electron chi connectivity index (χ0n) is 5.62. The Morgan fingerprint density at radius 1 is 1.42 bits per heavy atom. The first-order chi connectivity index (χ1) is 5.75. The Morgan fingerprint density at radius 3 is 2.75 bits per heavy atom. The Kier molecular flexibility index (Phi) is 2.04. The molecule has 0 spiro atoms. The van der Waals surface area contributed by atoms with E-state index in [1.165, 1.54) is 11.3 Å². The van der Waals surface area contributed by atoms with Gasteiger partial charge in [-0.2, -0.15) is 4.98 Å². The van der Waals surface area contributed by atoms with Crippen molar-refractivity contribution in [2.24, 2.45) is 0 Å². The number of nitrogens with zero attached hydrogens (tertiary/aromatic N) is 2. The minimum atomic E-state index is 0.104. The summed E-state index contributed by atoms with van der Waals surface area (Å²) in [7, 11) is 0. The fourth-order valence-corrected chi connectivity index (χ4v) is 1.71. The third-order valence-electron chi connectivity index (χ3n) is 1.22. The van der Waals surface area contributed by atoms with E-state index in [0.29, 0.717) is 10.2 Å². The highest BCUT2D eigenvalue weighted by molar-refractivity contribution is 7.14. The average molecular weight is 221 g/mol. The molecule has 62 valence electrons. The molecule has 2 aromatic rings. The van der Waals surface area contributed by atoms with Gasteiger partial charge in [-0.25, -0.2) is 0 Å². The van der Waals surface area contributed by atoms with Crippen LogP contribution in [0.25, 0.3) is 11.5 Å². The molecule has 2 aromatic heterocycles. The van der Waals surface area contributed by atoms with Crippen LogP contribution in [0.3, 0.4) is 0 Å². The number of hydrogen-bond acceptors (Lipinski definition) is 4. The first-order valence-corrected chi connectivity index (χ1v) is 4.63. The highest BCUT2D eigenvalue weighted by atomic mass is 35.5.